The van der Waals surface area contributed by atoms with E-state index in [2.05, 4.69) is 20.5 Å². The van der Waals surface area contributed by atoms with E-state index < -0.39 is 5.91 Å². The summed E-state index contributed by atoms with van der Waals surface area (Å²) in [4.78, 5) is 22.9. The van der Waals surface area contributed by atoms with Gasteiger partial charge >= 0.3 is 0 Å². The van der Waals surface area contributed by atoms with Crippen LogP contribution in [0.5, 0.6) is 0 Å². The molecule has 0 aromatic carbocycles. The van der Waals surface area contributed by atoms with Crippen LogP contribution in [0.3, 0.4) is 0 Å². The van der Waals surface area contributed by atoms with Crippen molar-refractivity contribution >= 4 is 11.8 Å². The van der Waals surface area contributed by atoms with Crippen LogP contribution in [0.2, 0.25) is 0 Å². The maximum atomic E-state index is 11.5. The van der Waals surface area contributed by atoms with Gasteiger partial charge in [0.05, 0.1) is 0 Å². The number of hydrogen-bond donors (Lipinski definition) is 2. The predicted molar refractivity (Wildman–Crippen MR) is 54.0 cm³/mol. The number of carbonyl (C=O) groups excluding carboxylic acids is 2. The van der Waals surface area contributed by atoms with Gasteiger partial charge in [0.25, 0.3) is 5.91 Å². The zero-order valence-corrected chi connectivity index (χ0v) is 8.47. The number of rotatable bonds is 2. The van der Waals surface area contributed by atoms with Crippen molar-refractivity contribution in [2.45, 2.75) is 12.8 Å². The Morgan fingerprint density at radius 2 is 2.06 bits per heavy atom. The van der Waals surface area contributed by atoms with Gasteiger partial charge in [0.1, 0.15) is 6.26 Å². The lowest BCUT2D eigenvalue weighted by Crippen LogP contribution is -2.44. The number of carbonyl (C=O) groups is 2. The molecule has 1 heterocycles. The molecule has 2 amide bonds. The summed E-state index contributed by atoms with van der Waals surface area (Å²) in [5.74, 6) is -0.771. The van der Waals surface area contributed by atoms with Crippen molar-refractivity contribution in [2.75, 3.05) is 0 Å². The molecule has 2 rings (SSSR count). The van der Waals surface area contributed by atoms with Crippen LogP contribution < -0.4 is 10.9 Å². The lowest BCUT2D eigenvalue weighted by atomic mass is 10.1. The standard InChI is InChI=1S/C10H11N3O3/c14-9(7-3-1-2-4-7)11-12-10(15)8-5-6-16-13-8/h1-2,5-7H,3-4H2,(H,11,14)(H,12,15). The number of nitrogens with zero attached hydrogens (tertiary/aromatic N) is 1. The van der Waals surface area contributed by atoms with Gasteiger partial charge in [0.15, 0.2) is 5.69 Å². The van der Waals surface area contributed by atoms with E-state index in [0.717, 1.165) is 0 Å². The minimum atomic E-state index is -0.493. The normalized spacial score (nSPS) is 15.0. The van der Waals surface area contributed by atoms with E-state index in [-0.39, 0.29) is 17.5 Å². The summed E-state index contributed by atoms with van der Waals surface area (Å²) in [5, 5.41) is 3.44. The van der Waals surface area contributed by atoms with Crippen molar-refractivity contribution in [3.05, 3.63) is 30.2 Å². The average molecular weight is 221 g/mol. The molecule has 1 aliphatic carbocycles. The Labute approximate surface area is 91.6 Å². The van der Waals surface area contributed by atoms with E-state index in [1.165, 1.54) is 12.3 Å². The van der Waals surface area contributed by atoms with Crippen LogP contribution in [-0.2, 0) is 4.79 Å². The fourth-order valence-electron chi connectivity index (χ4n) is 1.45. The third-order valence-electron chi connectivity index (χ3n) is 2.35. The Kier molecular flexibility index (Phi) is 3.00. The molecule has 0 radical (unpaired) electrons. The fourth-order valence-corrected chi connectivity index (χ4v) is 1.45. The first kappa shape index (κ1) is 10.4. The maximum absolute atomic E-state index is 11.5. The highest BCUT2D eigenvalue weighted by atomic mass is 16.5. The van der Waals surface area contributed by atoms with Crippen LogP contribution in [0.1, 0.15) is 23.3 Å². The smallest absolute Gasteiger partial charge is 0.291 e. The number of hydrogen-bond acceptors (Lipinski definition) is 4. The molecule has 2 N–H and O–H groups in total. The molecule has 6 heteroatoms. The SMILES string of the molecule is O=C(NNC(=O)C1CC=CC1)c1ccon1. The summed E-state index contributed by atoms with van der Waals surface area (Å²) in [6.45, 7) is 0. The molecule has 84 valence electrons. The highest BCUT2D eigenvalue weighted by Gasteiger charge is 2.19. The number of aromatic nitrogens is 1. The number of amides is 2. The summed E-state index contributed by atoms with van der Waals surface area (Å²) in [6.07, 6.45) is 6.61. The van der Waals surface area contributed by atoms with Crippen LogP contribution in [-0.4, -0.2) is 17.0 Å². The maximum Gasteiger partial charge on any atom is 0.291 e. The number of nitrogens with one attached hydrogen (secondary N) is 2. The van der Waals surface area contributed by atoms with Crippen molar-refractivity contribution in [2.24, 2.45) is 5.92 Å². The minimum absolute atomic E-state index is 0.0855. The molecule has 0 aliphatic heterocycles. The second kappa shape index (κ2) is 4.61. The topological polar surface area (TPSA) is 84.2 Å². The lowest BCUT2D eigenvalue weighted by molar-refractivity contribution is -0.125. The Morgan fingerprint density at radius 1 is 1.31 bits per heavy atom. The molecule has 16 heavy (non-hydrogen) atoms. The Hall–Kier alpha value is -2.11. The highest BCUT2D eigenvalue weighted by molar-refractivity contribution is 5.93. The molecule has 0 fully saturated rings. The molecule has 0 atom stereocenters. The molecule has 0 unspecified atom stereocenters. The molecule has 0 bridgehead atoms. The second-order valence-electron chi connectivity index (χ2n) is 3.47. The van der Waals surface area contributed by atoms with Crippen molar-refractivity contribution < 1.29 is 14.1 Å². The van der Waals surface area contributed by atoms with E-state index in [9.17, 15) is 9.59 Å². The predicted octanol–water partition coefficient (Wildman–Crippen LogP) is 0.402. The van der Waals surface area contributed by atoms with E-state index in [1.807, 2.05) is 12.2 Å². The molecule has 0 spiro atoms. The van der Waals surface area contributed by atoms with Gasteiger partial charge in [-0.2, -0.15) is 0 Å². The van der Waals surface area contributed by atoms with Crippen LogP contribution >= 0.6 is 0 Å². The van der Waals surface area contributed by atoms with E-state index >= 15 is 0 Å². The molecule has 6 nitrogen and oxygen atoms in total. The molecule has 1 aliphatic rings. The van der Waals surface area contributed by atoms with Gasteiger partial charge < -0.3 is 4.52 Å². The van der Waals surface area contributed by atoms with Gasteiger partial charge in [-0.15, -0.1) is 0 Å². The lowest BCUT2D eigenvalue weighted by Gasteiger charge is -2.10. The molecular formula is C10H11N3O3. The quantitative estimate of drug-likeness (QED) is 0.559. The van der Waals surface area contributed by atoms with Crippen LogP contribution in [0.4, 0.5) is 0 Å². The average Bonchev–Trinajstić information content (AvgIpc) is 2.95. The van der Waals surface area contributed by atoms with Gasteiger partial charge in [-0.25, -0.2) is 0 Å². The first-order chi connectivity index (χ1) is 7.77. The number of hydrazine groups is 1. The van der Waals surface area contributed by atoms with Gasteiger partial charge in [-0.3, -0.25) is 20.4 Å². The van der Waals surface area contributed by atoms with E-state index in [0.29, 0.717) is 12.8 Å². The highest BCUT2D eigenvalue weighted by Crippen LogP contribution is 2.16. The van der Waals surface area contributed by atoms with Crippen LogP contribution in [0.15, 0.2) is 29.0 Å². The zero-order valence-electron chi connectivity index (χ0n) is 8.47. The van der Waals surface area contributed by atoms with Crippen molar-refractivity contribution in [1.82, 2.24) is 16.0 Å². The third-order valence-corrected chi connectivity index (χ3v) is 2.35. The van der Waals surface area contributed by atoms with Crippen LogP contribution in [0.25, 0.3) is 0 Å². The number of allylic oxidation sites excluding steroid dienone is 2. The summed E-state index contributed by atoms with van der Waals surface area (Å²) < 4.78 is 4.51. The van der Waals surface area contributed by atoms with Gasteiger partial charge in [0, 0.05) is 12.0 Å². The van der Waals surface area contributed by atoms with Crippen LogP contribution in [0, 0.1) is 5.92 Å². The fraction of sp³-hybridized carbons (Fsp3) is 0.300. The largest absolute Gasteiger partial charge is 0.364 e. The molecule has 1 aromatic heterocycles. The van der Waals surface area contributed by atoms with Crippen molar-refractivity contribution in [1.29, 1.82) is 0 Å². The molecular weight excluding hydrogens is 210 g/mol. The second-order valence-corrected chi connectivity index (χ2v) is 3.47. The van der Waals surface area contributed by atoms with Crippen molar-refractivity contribution in [3.63, 3.8) is 0 Å². The Morgan fingerprint density at radius 3 is 2.69 bits per heavy atom. The molecule has 0 saturated carbocycles. The molecule has 1 aromatic rings. The zero-order chi connectivity index (χ0) is 11.4. The first-order valence-corrected chi connectivity index (χ1v) is 4.93. The van der Waals surface area contributed by atoms with Crippen molar-refractivity contribution in [3.8, 4) is 0 Å². The monoisotopic (exact) mass is 221 g/mol. The van der Waals surface area contributed by atoms with Gasteiger partial charge in [0.2, 0.25) is 5.91 Å². The minimum Gasteiger partial charge on any atom is -0.364 e. The van der Waals surface area contributed by atoms with Gasteiger partial charge in [-0.1, -0.05) is 17.3 Å². The summed E-state index contributed by atoms with van der Waals surface area (Å²) in [7, 11) is 0. The summed E-state index contributed by atoms with van der Waals surface area (Å²) >= 11 is 0. The summed E-state index contributed by atoms with van der Waals surface area (Å²) in [6, 6.07) is 1.42. The van der Waals surface area contributed by atoms with E-state index in [4.69, 9.17) is 0 Å². The third kappa shape index (κ3) is 2.28. The molecule has 0 saturated heterocycles. The van der Waals surface area contributed by atoms with Gasteiger partial charge in [-0.05, 0) is 12.8 Å². The van der Waals surface area contributed by atoms with E-state index in [1.54, 1.807) is 0 Å². The summed E-state index contributed by atoms with van der Waals surface area (Å²) in [5.41, 5.74) is 4.75. The first-order valence-electron chi connectivity index (χ1n) is 4.93. The Bertz CT molecular complexity index is 403. The Balaban J connectivity index is 1.79.